The summed E-state index contributed by atoms with van der Waals surface area (Å²) in [6, 6.07) is 5.17. The van der Waals surface area contributed by atoms with Crippen molar-refractivity contribution in [2.24, 2.45) is 0 Å². The van der Waals surface area contributed by atoms with Crippen LogP contribution in [-0.2, 0) is 0 Å². The Morgan fingerprint density at radius 2 is 1.80 bits per heavy atom. The van der Waals surface area contributed by atoms with Crippen molar-refractivity contribution in [3.8, 4) is 11.3 Å². The molecule has 0 saturated carbocycles. The average Bonchev–Trinajstić information content (AvgIpc) is 2.43. The molecule has 4 heteroatoms. The maximum Gasteiger partial charge on any atom is 0.152 e. The van der Waals surface area contributed by atoms with E-state index in [2.05, 4.69) is 22.2 Å². The maximum atomic E-state index is 13.8. The summed E-state index contributed by atoms with van der Waals surface area (Å²) >= 11 is 0. The first kappa shape index (κ1) is 14.4. The minimum Gasteiger partial charge on any atom is -0.368 e. The fourth-order valence-electron chi connectivity index (χ4n) is 1.91. The molecule has 0 unspecified atom stereocenters. The number of hydrogen-bond donors (Lipinski definition) is 1. The Morgan fingerprint density at radius 1 is 1.10 bits per heavy atom. The van der Waals surface area contributed by atoms with E-state index in [0.29, 0.717) is 11.3 Å². The summed E-state index contributed by atoms with van der Waals surface area (Å²) in [6.45, 7) is 8.51. The van der Waals surface area contributed by atoms with Gasteiger partial charge in [0.2, 0.25) is 0 Å². The minimum absolute atomic E-state index is 0.219. The van der Waals surface area contributed by atoms with Gasteiger partial charge in [0.05, 0.1) is 11.4 Å². The molecule has 0 aliphatic heterocycles. The van der Waals surface area contributed by atoms with Crippen molar-refractivity contribution in [3.05, 3.63) is 41.0 Å². The summed E-state index contributed by atoms with van der Waals surface area (Å²) in [6.07, 6.45) is 0.996. The summed E-state index contributed by atoms with van der Waals surface area (Å²) in [4.78, 5) is 9.12. The van der Waals surface area contributed by atoms with Crippen LogP contribution in [0.4, 0.5) is 10.2 Å². The van der Waals surface area contributed by atoms with Crippen LogP contribution in [0.3, 0.4) is 0 Å². The molecule has 0 atom stereocenters. The Labute approximate surface area is 119 Å². The third kappa shape index (κ3) is 2.95. The van der Waals surface area contributed by atoms with Gasteiger partial charge in [-0.2, -0.15) is 0 Å². The molecule has 0 bridgehead atoms. The van der Waals surface area contributed by atoms with Crippen LogP contribution in [0.5, 0.6) is 0 Å². The Bertz CT molecular complexity index is 623. The van der Waals surface area contributed by atoms with Gasteiger partial charge < -0.3 is 5.32 Å². The number of halogens is 1. The fourth-order valence-corrected chi connectivity index (χ4v) is 1.91. The number of rotatable bonds is 4. The number of nitrogens with one attached hydrogen (secondary N) is 1. The Morgan fingerprint density at radius 3 is 2.45 bits per heavy atom. The second-order valence-electron chi connectivity index (χ2n) is 4.98. The lowest BCUT2D eigenvalue weighted by atomic mass is 10.1. The summed E-state index contributed by atoms with van der Waals surface area (Å²) < 4.78 is 13.8. The van der Waals surface area contributed by atoms with Gasteiger partial charge in [0.25, 0.3) is 0 Å². The number of aromatic nitrogens is 2. The SMILES string of the molecule is CCCNc1nc(C)c(C)nc1-c1ccc(C)c(F)c1. The third-order valence-electron chi connectivity index (χ3n) is 3.29. The first-order valence-electron chi connectivity index (χ1n) is 6.88. The van der Waals surface area contributed by atoms with E-state index in [0.717, 1.165) is 35.7 Å². The van der Waals surface area contributed by atoms with Gasteiger partial charge in [0, 0.05) is 12.1 Å². The van der Waals surface area contributed by atoms with E-state index in [4.69, 9.17) is 0 Å². The van der Waals surface area contributed by atoms with Crippen LogP contribution in [0.25, 0.3) is 11.3 Å². The second-order valence-corrected chi connectivity index (χ2v) is 4.98. The summed E-state index contributed by atoms with van der Waals surface area (Å²) in [7, 11) is 0. The topological polar surface area (TPSA) is 37.8 Å². The lowest BCUT2D eigenvalue weighted by molar-refractivity contribution is 0.619. The standard InChI is InChI=1S/C16H20FN3/c1-5-8-18-16-15(19-11(3)12(4)20-16)13-7-6-10(2)14(17)9-13/h6-7,9H,5,8H2,1-4H3,(H,18,20). The van der Waals surface area contributed by atoms with Crippen LogP contribution >= 0.6 is 0 Å². The molecule has 0 aliphatic rings. The zero-order chi connectivity index (χ0) is 14.7. The van der Waals surface area contributed by atoms with E-state index in [1.54, 1.807) is 13.0 Å². The molecule has 3 nitrogen and oxygen atoms in total. The van der Waals surface area contributed by atoms with E-state index in [1.807, 2.05) is 19.9 Å². The van der Waals surface area contributed by atoms with Crippen molar-refractivity contribution in [3.63, 3.8) is 0 Å². The highest BCUT2D eigenvalue weighted by atomic mass is 19.1. The van der Waals surface area contributed by atoms with Crippen molar-refractivity contribution in [2.45, 2.75) is 34.1 Å². The monoisotopic (exact) mass is 273 g/mol. The minimum atomic E-state index is -0.219. The number of hydrogen-bond acceptors (Lipinski definition) is 3. The molecule has 1 heterocycles. The van der Waals surface area contributed by atoms with Gasteiger partial charge in [-0.25, -0.2) is 14.4 Å². The summed E-state index contributed by atoms with van der Waals surface area (Å²) in [5.74, 6) is 0.502. The van der Waals surface area contributed by atoms with E-state index in [1.165, 1.54) is 6.07 Å². The predicted octanol–water partition coefficient (Wildman–Crippen LogP) is 4.03. The van der Waals surface area contributed by atoms with E-state index in [9.17, 15) is 4.39 Å². The first-order valence-corrected chi connectivity index (χ1v) is 6.88. The van der Waals surface area contributed by atoms with Crippen LogP contribution in [0, 0.1) is 26.6 Å². The van der Waals surface area contributed by atoms with Crippen molar-refractivity contribution >= 4 is 5.82 Å². The van der Waals surface area contributed by atoms with Gasteiger partial charge >= 0.3 is 0 Å². The molecule has 106 valence electrons. The zero-order valence-electron chi connectivity index (χ0n) is 12.4. The summed E-state index contributed by atoms with van der Waals surface area (Å²) in [5, 5.41) is 3.27. The first-order chi connectivity index (χ1) is 9.52. The third-order valence-corrected chi connectivity index (χ3v) is 3.29. The molecule has 2 aromatic rings. The van der Waals surface area contributed by atoms with Crippen molar-refractivity contribution in [1.29, 1.82) is 0 Å². The number of benzene rings is 1. The van der Waals surface area contributed by atoms with Gasteiger partial charge in [0.15, 0.2) is 5.82 Å². The highest BCUT2D eigenvalue weighted by Gasteiger charge is 2.12. The van der Waals surface area contributed by atoms with Crippen LogP contribution in [0.2, 0.25) is 0 Å². The zero-order valence-corrected chi connectivity index (χ0v) is 12.4. The molecule has 20 heavy (non-hydrogen) atoms. The van der Waals surface area contributed by atoms with Crippen molar-refractivity contribution < 1.29 is 4.39 Å². The molecule has 2 rings (SSSR count). The maximum absolute atomic E-state index is 13.8. The van der Waals surface area contributed by atoms with E-state index < -0.39 is 0 Å². The van der Waals surface area contributed by atoms with Gasteiger partial charge in [-0.15, -0.1) is 0 Å². The second kappa shape index (κ2) is 5.99. The Hall–Kier alpha value is -1.97. The highest BCUT2D eigenvalue weighted by molar-refractivity contribution is 5.72. The van der Waals surface area contributed by atoms with E-state index >= 15 is 0 Å². The normalized spacial score (nSPS) is 10.7. The molecule has 0 aliphatic carbocycles. The number of aryl methyl sites for hydroxylation is 3. The predicted molar refractivity (Wildman–Crippen MR) is 80.4 cm³/mol. The van der Waals surface area contributed by atoms with Crippen LogP contribution < -0.4 is 5.32 Å². The largest absolute Gasteiger partial charge is 0.368 e. The van der Waals surface area contributed by atoms with Gasteiger partial charge in [-0.3, -0.25) is 0 Å². The molecule has 0 fully saturated rings. The fraction of sp³-hybridized carbons (Fsp3) is 0.375. The molecule has 0 saturated heterocycles. The lowest BCUT2D eigenvalue weighted by Crippen LogP contribution is -2.07. The van der Waals surface area contributed by atoms with Gasteiger partial charge in [-0.05, 0) is 38.8 Å². The molecule has 1 N–H and O–H groups in total. The van der Waals surface area contributed by atoms with Crippen molar-refractivity contribution in [2.75, 3.05) is 11.9 Å². The van der Waals surface area contributed by atoms with Crippen LogP contribution in [0.15, 0.2) is 18.2 Å². The average molecular weight is 273 g/mol. The highest BCUT2D eigenvalue weighted by Crippen LogP contribution is 2.27. The number of anilines is 1. The number of nitrogens with zero attached hydrogens (tertiary/aromatic N) is 2. The Balaban J connectivity index is 2.52. The van der Waals surface area contributed by atoms with Crippen LogP contribution in [0.1, 0.15) is 30.3 Å². The smallest absolute Gasteiger partial charge is 0.152 e. The molecular weight excluding hydrogens is 253 g/mol. The summed E-state index contributed by atoms with van der Waals surface area (Å²) in [5.41, 5.74) is 3.85. The molecule has 0 amide bonds. The molecule has 1 aromatic carbocycles. The quantitative estimate of drug-likeness (QED) is 0.914. The molecular formula is C16H20FN3. The van der Waals surface area contributed by atoms with Crippen molar-refractivity contribution in [1.82, 2.24) is 9.97 Å². The van der Waals surface area contributed by atoms with Crippen LogP contribution in [-0.4, -0.2) is 16.5 Å². The molecule has 0 spiro atoms. The Kier molecular flexibility index (Phi) is 4.32. The molecule has 1 aromatic heterocycles. The van der Waals surface area contributed by atoms with Gasteiger partial charge in [-0.1, -0.05) is 19.1 Å². The lowest BCUT2D eigenvalue weighted by Gasteiger charge is -2.13. The molecule has 0 radical (unpaired) electrons. The van der Waals surface area contributed by atoms with E-state index in [-0.39, 0.29) is 5.82 Å². The van der Waals surface area contributed by atoms with Gasteiger partial charge in [0.1, 0.15) is 11.5 Å².